The number of hydrogen-bond acceptors (Lipinski definition) is 4. The minimum atomic E-state index is -3.57. The van der Waals surface area contributed by atoms with Crippen LogP contribution in [0.3, 0.4) is 0 Å². The molecule has 18 heavy (non-hydrogen) atoms. The molecule has 0 aliphatic carbocycles. The van der Waals surface area contributed by atoms with Crippen molar-refractivity contribution in [1.29, 1.82) is 5.26 Å². The molecule has 0 amide bonds. The standard InChI is InChI=1S/C12H14N2O3S/c1-12(6-7-17-9-12)14-18(15,16)11-4-2-10(8-13)3-5-11/h2-5,14H,6-7,9H2,1H3. The van der Waals surface area contributed by atoms with Crippen LogP contribution in [-0.4, -0.2) is 27.2 Å². The number of rotatable bonds is 3. The van der Waals surface area contributed by atoms with Gasteiger partial charge in [-0.15, -0.1) is 0 Å². The highest BCUT2D eigenvalue weighted by Gasteiger charge is 2.34. The molecule has 96 valence electrons. The van der Waals surface area contributed by atoms with Gasteiger partial charge in [-0.3, -0.25) is 0 Å². The van der Waals surface area contributed by atoms with Gasteiger partial charge in [-0.05, 0) is 37.6 Å². The van der Waals surface area contributed by atoms with Crippen LogP contribution in [0.5, 0.6) is 0 Å². The predicted octanol–water partition coefficient (Wildman–Crippen LogP) is 1.02. The van der Waals surface area contributed by atoms with Gasteiger partial charge in [0, 0.05) is 6.61 Å². The highest BCUT2D eigenvalue weighted by atomic mass is 32.2. The maximum atomic E-state index is 12.1. The minimum Gasteiger partial charge on any atom is -0.379 e. The number of nitrogens with one attached hydrogen (secondary N) is 1. The average Bonchev–Trinajstić information content (AvgIpc) is 2.75. The first-order valence-electron chi connectivity index (χ1n) is 5.57. The van der Waals surface area contributed by atoms with Gasteiger partial charge >= 0.3 is 0 Å². The van der Waals surface area contributed by atoms with E-state index in [2.05, 4.69) is 4.72 Å². The molecule has 1 atom stereocenters. The maximum Gasteiger partial charge on any atom is 0.241 e. The van der Waals surface area contributed by atoms with Crippen LogP contribution in [0.15, 0.2) is 29.2 Å². The van der Waals surface area contributed by atoms with Crippen molar-refractivity contribution in [2.45, 2.75) is 23.8 Å². The lowest BCUT2D eigenvalue weighted by molar-refractivity contribution is 0.178. The zero-order valence-electron chi connectivity index (χ0n) is 10.0. The van der Waals surface area contributed by atoms with Gasteiger partial charge in [-0.2, -0.15) is 5.26 Å². The SMILES string of the molecule is CC1(NS(=O)(=O)c2ccc(C#N)cc2)CCOC1. The van der Waals surface area contributed by atoms with Crippen molar-refractivity contribution in [3.05, 3.63) is 29.8 Å². The van der Waals surface area contributed by atoms with Crippen molar-refractivity contribution in [3.8, 4) is 6.07 Å². The van der Waals surface area contributed by atoms with Gasteiger partial charge in [-0.25, -0.2) is 13.1 Å². The van der Waals surface area contributed by atoms with E-state index < -0.39 is 15.6 Å². The molecule has 1 aliphatic rings. The van der Waals surface area contributed by atoms with Gasteiger partial charge in [0.05, 0.1) is 28.7 Å². The fourth-order valence-corrected chi connectivity index (χ4v) is 3.26. The molecule has 1 aromatic rings. The minimum absolute atomic E-state index is 0.162. The van der Waals surface area contributed by atoms with Crippen molar-refractivity contribution in [3.63, 3.8) is 0 Å². The third-order valence-electron chi connectivity index (χ3n) is 2.89. The van der Waals surface area contributed by atoms with E-state index in [1.54, 1.807) is 0 Å². The smallest absolute Gasteiger partial charge is 0.241 e. The van der Waals surface area contributed by atoms with Crippen LogP contribution in [-0.2, 0) is 14.8 Å². The predicted molar refractivity (Wildman–Crippen MR) is 65.3 cm³/mol. The van der Waals surface area contributed by atoms with Gasteiger partial charge in [-0.1, -0.05) is 0 Å². The van der Waals surface area contributed by atoms with Gasteiger partial charge in [0.15, 0.2) is 0 Å². The van der Waals surface area contributed by atoms with Crippen LogP contribution in [0.1, 0.15) is 18.9 Å². The monoisotopic (exact) mass is 266 g/mol. The first kappa shape index (κ1) is 13.0. The van der Waals surface area contributed by atoms with E-state index >= 15 is 0 Å². The number of ether oxygens (including phenoxy) is 1. The Morgan fingerprint density at radius 3 is 2.56 bits per heavy atom. The molecule has 2 rings (SSSR count). The summed E-state index contributed by atoms with van der Waals surface area (Å²) in [5.74, 6) is 0. The van der Waals surface area contributed by atoms with Crippen LogP contribution in [0.25, 0.3) is 0 Å². The summed E-state index contributed by atoms with van der Waals surface area (Å²) in [6.07, 6.45) is 0.655. The highest BCUT2D eigenvalue weighted by molar-refractivity contribution is 7.89. The van der Waals surface area contributed by atoms with E-state index in [0.717, 1.165) is 0 Å². The zero-order chi connectivity index (χ0) is 13.2. The number of benzene rings is 1. The van der Waals surface area contributed by atoms with E-state index in [9.17, 15) is 8.42 Å². The molecule has 0 saturated carbocycles. The lowest BCUT2D eigenvalue weighted by Gasteiger charge is -2.23. The second-order valence-electron chi connectivity index (χ2n) is 4.60. The Bertz CT molecular complexity index is 566. The molecule has 0 radical (unpaired) electrons. The Hall–Kier alpha value is -1.42. The maximum absolute atomic E-state index is 12.1. The summed E-state index contributed by atoms with van der Waals surface area (Å²) in [5, 5.41) is 8.67. The molecule has 1 unspecified atom stereocenters. The van der Waals surface area contributed by atoms with Gasteiger partial charge < -0.3 is 4.74 Å². The van der Waals surface area contributed by atoms with Crippen LogP contribution < -0.4 is 4.72 Å². The molecule has 0 spiro atoms. The fourth-order valence-electron chi connectivity index (χ4n) is 1.84. The quantitative estimate of drug-likeness (QED) is 0.885. The number of nitriles is 1. The van der Waals surface area contributed by atoms with E-state index in [-0.39, 0.29) is 4.90 Å². The summed E-state index contributed by atoms with van der Waals surface area (Å²) in [5.41, 5.74) is -0.114. The first-order chi connectivity index (χ1) is 8.45. The van der Waals surface area contributed by atoms with Crippen LogP contribution in [0.4, 0.5) is 0 Å². The largest absolute Gasteiger partial charge is 0.379 e. The molecular formula is C12H14N2O3S. The Balaban J connectivity index is 2.22. The van der Waals surface area contributed by atoms with Crippen molar-refractivity contribution in [2.75, 3.05) is 13.2 Å². The number of sulfonamides is 1. The van der Waals surface area contributed by atoms with Crippen molar-refractivity contribution >= 4 is 10.0 Å². The first-order valence-corrected chi connectivity index (χ1v) is 7.05. The second-order valence-corrected chi connectivity index (χ2v) is 6.29. The lowest BCUT2D eigenvalue weighted by atomic mass is 10.0. The van der Waals surface area contributed by atoms with Crippen molar-refractivity contribution in [2.24, 2.45) is 0 Å². The van der Waals surface area contributed by atoms with Crippen LogP contribution in [0.2, 0.25) is 0 Å². The highest BCUT2D eigenvalue weighted by Crippen LogP contribution is 2.21. The van der Waals surface area contributed by atoms with Gasteiger partial charge in [0.2, 0.25) is 10.0 Å². The summed E-state index contributed by atoms with van der Waals surface area (Å²) < 4.78 is 32.1. The molecule has 1 heterocycles. The summed E-state index contributed by atoms with van der Waals surface area (Å²) >= 11 is 0. The van der Waals surface area contributed by atoms with E-state index in [4.69, 9.17) is 10.00 Å². The summed E-state index contributed by atoms with van der Waals surface area (Å²) in [6, 6.07) is 7.79. The van der Waals surface area contributed by atoms with Crippen molar-refractivity contribution < 1.29 is 13.2 Å². The zero-order valence-corrected chi connectivity index (χ0v) is 10.8. The lowest BCUT2D eigenvalue weighted by Crippen LogP contribution is -2.46. The van der Waals surface area contributed by atoms with E-state index in [1.807, 2.05) is 13.0 Å². The topological polar surface area (TPSA) is 79.2 Å². The van der Waals surface area contributed by atoms with Gasteiger partial charge in [0.25, 0.3) is 0 Å². The van der Waals surface area contributed by atoms with Crippen molar-refractivity contribution in [1.82, 2.24) is 4.72 Å². The molecule has 5 nitrogen and oxygen atoms in total. The number of hydrogen-bond donors (Lipinski definition) is 1. The van der Waals surface area contributed by atoms with E-state index in [0.29, 0.717) is 25.2 Å². The molecule has 6 heteroatoms. The molecular weight excluding hydrogens is 252 g/mol. The van der Waals surface area contributed by atoms with Crippen LogP contribution in [0, 0.1) is 11.3 Å². The number of nitrogens with zero attached hydrogens (tertiary/aromatic N) is 1. The van der Waals surface area contributed by atoms with Gasteiger partial charge in [0.1, 0.15) is 0 Å². The van der Waals surface area contributed by atoms with Crippen LogP contribution >= 0.6 is 0 Å². The average molecular weight is 266 g/mol. The molecule has 1 N–H and O–H groups in total. The Labute approximate surface area is 106 Å². The Morgan fingerprint density at radius 2 is 2.06 bits per heavy atom. The third kappa shape index (κ3) is 2.70. The molecule has 1 fully saturated rings. The molecule has 1 aromatic carbocycles. The Morgan fingerprint density at radius 1 is 1.39 bits per heavy atom. The molecule has 0 bridgehead atoms. The molecule has 1 aliphatic heterocycles. The summed E-state index contributed by atoms with van der Waals surface area (Å²) in [6.45, 7) is 2.76. The van der Waals surface area contributed by atoms with E-state index in [1.165, 1.54) is 24.3 Å². The molecule has 1 saturated heterocycles. The third-order valence-corrected chi connectivity index (χ3v) is 4.55. The molecule has 0 aromatic heterocycles. The summed E-state index contributed by atoms with van der Waals surface area (Å²) in [4.78, 5) is 0.162. The Kier molecular flexibility index (Phi) is 3.39. The fraction of sp³-hybridized carbons (Fsp3) is 0.417. The summed E-state index contributed by atoms with van der Waals surface area (Å²) in [7, 11) is -3.57. The second kappa shape index (κ2) is 4.69. The normalized spacial score (nSPS) is 23.8.